The molecule has 0 saturated carbocycles. The predicted octanol–water partition coefficient (Wildman–Crippen LogP) is 2.95. The fourth-order valence-electron chi connectivity index (χ4n) is 3.35. The van der Waals surface area contributed by atoms with Gasteiger partial charge in [-0.15, -0.1) is 0 Å². The molecular weight excluding hydrogens is 524 g/mol. The number of sulfonamides is 1. The van der Waals surface area contributed by atoms with Crippen LogP contribution in [0.25, 0.3) is 0 Å². The lowest BCUT2D eigenvalue weighted by atomic mass is 10.2. The molecule has 3 rings (SSSR count). The summed E-state index contributed by atoms with van der Waals surface area (Å²) in [5, 5.41) is 6.65. The predicted molar refractivity (Wildman–Crippen MR) is 149 cm³/mol. The number of nitrogens with zero attached hydrogens (tertiary/aromatic N) is 2. The Hall–Kier alpha value is -4.58. The van der Waals surface area contributed by atoms with Crippen LogP contribution < -0.4 is 29.3 Å². The highest BCUT2D eigenvalue weighted by Crippen LogP contribution is 2.33. The van der Waals surface area contributed by atoms with Gasteiger partial charge in [-0.25, -0.2) is 13.8 Å². The van der Waals surface area contributed by atoms with Gasteiger partial charge in [-0.3, -0.25) is 13.9 Å². The van der Waals surface area contributed by atoms with Crippen molar-refractivity contribution < 1.29 is 32.2 Å². The summed E-state index contributed by atoms with van der Waals surface area (Å²) in [7, 11) is -1.00. The van der Waals surface area contributed by atoms with Crippen LogP contribution in [0.2, 0.25) is 0 Å². The molecule has 0 saturated heterocycles. The number of methoxy groups -OCH3 is 2. The molecule has 2 amide bonds. The van der Waals surface area contributed by atoms with E-state index < -0.39 is 22.5 Å². The van der Waals surface area contributed by atoms with Crippen molar-refractivity contribution >= 4 is 39.4 Å². The van der Waals surface area contributed by atoms with Crippen molar-refractivity contribution in [2.24, 2.45) is 5.10 Å². The van der Waals surface area contributed by atoms with Gasteiger partial charge in [0.2, 0.25) is 10.0 Å². The third kappa shape index (κ3) is 8.75. The van der Waals surface area contributed by atoms with Crippen molar-refractivity contribution in [1.82, 2.24) is 5.43 Å². The third-order valence-electron chi connectivity index (χ3n) is 5.33. The number of nitrogens with one attached hydrogen (secondary N) is 2. The fourth-order valence-corrected chi connectivity index (χ4v) is 4.20. The van der Waals surface area contributed by atoms with E-state index in [0.29, 0.717) is 22.7 Å². The van der Waals surface area contributed by atoms with E-state index in [1.165, 1.54) is 26.5 Å². The maximum atomic E-state index is 12.5. The van der Waals surface area contributed by atoms with Gasteiger partial charge in [-0.2, -0.15) is 5.10 Å². The highest BCUT2D eigenvalue weighted by atomic mass is 32.2. The molecule has 39 heavy (non-hydrogen) atoms. The van der Waals surface area contributed by atoms with Crippen LogP contribution in [0.4, 0.5) is 11.4 Å². The zero-order valence-electron chi connectivity index (χ0n) is 22.0. The average Bonchev–Trinajstić information content (AvgIpc) is 2.91. The van der Waals surface area contributed by atoms with Crippen LogP contribution in [0.15, 0.2) is 71.8 Å². The Bertz CT molecular complexity index is 1420. The second-order valence-electron chi connectivity index (χ2n) is 8.37. The van der Waals surface area contributed by atoms with Crippen molar-refractivity contribution in [2.75, 3.05) is 43.2 Å². The van der Waals surface area contributed by atoms with E-state index in [1.807, 2.05) is 31.2 Å². The van der Waals surface area contributed by atoms with E-state index in [-0.39, 0.29) is 24.0 Å². The zero-order chi connectivity index (χ0) is 28.4. The first-order valence-electron chi connectivity index (χ1n) is 11.7. The van der Waals surface area contributed by atoms with Crippen LogP contribution in [-0.2, 0) is 19.6 Å². The molecule has 0 aromatic heterocycles. The Balaban J connectivity index is 1.55. The van der Waals surface area contributed by atoms with Gasteiger partial charge in [0.25, 0.3) is 11.8 Å². The first-order chi connectivity index (χ1) is 18.6. The van der Waals surface area contributed by atoms with Crippen LogP contribution >= 0.6 is 0 Å². The van der Waals surface area contributed by atoms with Crippen molar-refractivity contribution in [3.63, 3.8) is 0 Å². The quantitative estimate of drug-likeness (QED) is 0.260. The summed E-state index contributed by atoms with van der Waals surface area (Å²) in [4.78, 5) is 24.6. The van der Waals surface area contributed by atoms with Crippen LogP contribution in [-0.4, -0.2) is 60.1 Å². The van der Waals surface area contributed by atoms with Crippen molar-refractivity contribution in [2.45, 2.75) is 6.92 Å². The largest absolute Gasteiger partial charge is 0.497 e. The Morgan fingerprint density at radius 3 is 2.21 bits per heavy atom. The molecule has 0 radical (unpaired) electrons. The topological polar surface area (TPSA) is 136 Å². The first-order valence-corrected chi connectivity index (χ1v) is 13.5. The molecule has 0 aliphatic carbocycles. The zero-order valence-corrected chi connectivity index (χ0v) is 22.8. The standard InChI is InChI=1S/C27H30N4O7S/c1-19-5-9-21(10-6-19)29-27(33)18-38-22-11-7-20(8-12-22)16-28-30-26(32)17-31(39(4,34)35)24-15-23(36-2)13-14-25(24)37-3/h5-16H,17-18H2,1-4H3,(H,29,33)(H,30,32)/b28-16-. The Labute approximate surface area is 227 Å². The molecule has 2 N–H and O–H groups in total. The molecule has 206 valence electrons. The minimum atomic E-state index is -3.84. The molecular formula is C27H30N4O7S. The number of hydrazone groups is 1. The maximum absolute atomic E-state index is 12.5. The lowest BCUT2D eigenvalue weighted by Gasteiger charge is -2.23. The summed E-state index contributed by atoms with van der Waals surface area (Å²) >= 11 is 0. The number of hydrogen-bond donors (Lipinski definition) is 2. The number of amides is 2. The van der Waals surface area contributed by atoms with Crippen LogP contribution in [0.1, 0.15) is 11.1 Å². The maximum Gasteiger partial charge on any atom is 0.262 e. The molecule has 0 heterocycles. The Morgan fingerprint density at radius 1 is 0.923 bits per heavy atom. The number of benzene rings is 3. The van der Waals surface area contributed by atoms with Crippen molar-refractivity contribution in [1.29, 1.82) is 0 Å². The molecule has 3 aromatic rings. The lowest BCUT2D eigenvalue weighted by molar-refractivity contribution is -0.119. The summed E-state index contributed by atoms with van der Waals surface area (Å²) in [6.07, 6.45) is 2.38. The number of carbonyl (C=O) groups excluding carboxylic acids is 2. The van der Waals surface area contributed by atoms with Crippen LogP contribution in [0.3, 0.4) is 0 Å². The van der Waals surface area contributed by atoms with Gasteiger partial charge >= 0.3 is 0 Å². The van der Waals surface area contributed by atoms with Gasteiger partial charge in [0.1, 0.15) is 23.8 Å². The van der Waals surface area contributed by atoms with E-state index in [0.717, 1.165) is 16.1 Å². The molecule has 0 spiro atoms. The van der Waals surface area contributed by atoms with Crippen LogP contribution in [0.5, 0.6) is 17.2 Å². The monoisotopic (exact) mass is 554 g/mol. The van der Waals surface area contributed by atoms with E-state index in [9.17, 15) is 18.0 Å². The molecule has 0 aliphatic rings. The number of rotatable bonds is 12. The van der Waals surface area contributed by atoms with E-state index in [2.05, 4.69) is 15.8 Å². The Kier molecular flexibility index (Phi) is 9.87. The van der Waals surface area contributed by atoms with Gasteiger partial charge in [0, 0.05) is 11.8 Å². The van der Waals surface area contributed by atoms with E-state index in [4.69, 9.17) is 14.2 Å². The lowest BCUT2D eigenvalue weighted by Crippen LogP contribution is -2.39. The number of hydrogen-bond acceptors (Lipinski definition) is 8. The minimum absolute atomic E-state index is 0.154. The molecule has 3 aromatic carbocycles. The summed E-state index contributed by atoms with van der Waals surface area (Å²) in [6, 6.07) is 18.7. The van der Waals surface area contributed by atoms with E-state index in [1.54, 1.807) is 36.4 Å². The molecule has 0 atom stereocenters. The molecule has 11 nitrogen and oxygen atoms in total. The van der Waals surface area contributed by atoms with Gasteiger partial charge < -0.3 is 19.5 Å². The van der Waals surface area contributed by atoms with Crippen molar-refractivity contribution in [3.8, 4) is 17.2 Å². The fraction of sp³-hybridized carbons (Fsp3) is 0.222. The normalized spacial score (nSPS) is 11.1. The highest BCUT2D eigenvalue weighted by molar-refractivity contribution is 7.92. The Morgan fingerprint density at radius 2 is 1.59 bits per heavy atom. The number of aryl methyl sites for hydroxylation is 1. The molecule has 0 aliphatic heterocycles. The van der Waals surface area contributed by atoms with E-state index >= 15 is 0 Å². The summed E-state index contributed by atoms with van der Waals surface area (Å²) in [6.45, 7) is 1.27. The van der Waals surface area contributed by atoms with Gasteiger partial charge in [0.15, 0.2) is 6.61 Å². The SMILES string of the molecule is COc1ccc(OC)c(N(CC(=O)N/N=C\c2ccc(OCC(=O)Nc3ccc(C)cc3)cc2)S(C)(=O)=O)c1. The smallest absolute Gasteiger partial charge is 0.262 e. The van der Waals surface area contributed by atoms with Gasteiger partial charge in [-0.05, 0) is 61.0 Å². The number of anilines is 2. The second-order valence-corrected chi connectivity index (χ2v) is 10.3. The second kappa shape index (κ2) is 13.3. The van der Waals surface area contributed by atoms with Gasteiger partial charge in [-0.1, -0.05) is 17.7 Å². The van der Waals surface area contributed by atoms with Gasteiger partial charge in [0.05, 0.1) is 32.4 Å². The summed E-state index contributed by atoms with van der Waals surface area (Å²) in [5.41, 5.74) is 4.89. The third-order valence-corrected chi connectivity index (χ3v) is 6.46. The molecule has 0 fully saturated rings. The molecule has 0 unspecified atom stereocenters. The summed E-state index contributed by atoms with van der Waals surface area (Å²) in [5.74, 6) is 0.180. The van der Waals surface area contributed by atoms with Crippen molar-refractivity contribution in [3.05, 3.63) is 77.9 Å². The highest BCUT2D eigenvalue weighted by Gasteiger charge is 2.24. The first kappa shape index (κ1) is 29.0. The number of ether oxygens (including phenoxy) is 3. The average molecular weight is 555 g/mol. The minimum Gasteiger partial charge on any atom is -0.497 e. The van der Waals surface area contributed by atoms with Crippen LogP contribution in [0, 0.1) is 6.92 Å². The molecule has 0 bridgehead atoms. The molecule has 12 heteroatoms. The summed E-state index contributed by atoms with van der Waals surface area (Å²) < 4.78 is 41.7. The number of carbonyl (C=O) groups is 2.